The van der Waals surface area contributed by atoms with Gasteiger partial charge in [-0.2, -0.15) is 0 Å². The first kappa shape index (κ1) is 13.1. The number of nitrogens with zero attached hydrogens (tertiary/aromatic N) is 1. The Labute approximate surface area is 112 Å². The van der Waals surface area contributed by atoms with E-state index in [9.17, 15) is 4.79 Å². The first-order valence-corrected chi connectivity index (χ1v) is 6.06. The molecule has 0 aliphatic heterocycles. The van der Waals surface area contributed by atoms with Gasteiger partial charge in [-0.1, -0.05) is 18.2 Å². The van der Waals surface area contributed by atoms with E-state index in [0.29, 0.717) is 5.69 Å². The highest BCUT2D eigenvalue weighted by Gasteiger charge is 2.12. The number of benzene rings is 1. The molecule has 19 heavy (non-hydrogen) atoms. The molecule has 0 bridgehead atoms. The lowest BCUT2D eigenvalue weighted by atomic mass is 10.1. The van der Waals surface area contributed by atoms with Gasteiger partial charge in [0.1, 0.15) is 11.4 Å². The molecule has 1 aromatic carbocycles. The van der Waals surface area contributed by atoms with Crippen molar-refractivity contribution in [2.75, 3.05) is 7.11 Å². The minimum Gasteiger partial charge on any atom is -0.497 e. The van der Waals surface area contributed by atoms with Crippen LogP contribution in [0, 0.1) is 0 Å². The molecule has 0 aliphatic rings. The maximum Gasteiger partial charge on any atom is 0.270 e. The zero-order chi connectivity index (χ0) is 13.7. The highest BCUT2D eigenvalue weighted by atomic mass is 16.5. The van der Waals surface area contributed by atoms with Crippen molar-refractivity contribution in [3.05, 3.63) is 59.9 Å². The van der Waals surface area contributed by atoms with Crippen molar-refractivity contribution in [1.29, 1.82) is 0 Å². The van der Waals surface area contributed by atoms with E-state index in [2.05, 4.69) is 10.3 Å². The molecule has 1 atom stereocenters. The minimum atomic E-state index is -0.184. The second-order valence-corrected chi connectivity index (χ2v) is 4.19. The van der Waals surface area contributed by atoms with Crippen LogP contribution >= 0.6 is 0 Å². The summed E-state index contributed by atoms with van der Waals surface area (Å²) in [6.45, 7) is 1.93. The Morgan fingerprint density at radius 1 is 1.26 bits per heavy atom. The second kappa shape index (κ2) is 6.00. The Hall–Kier alpha value is -2.36. The Balaban J connectivity index is 2.08. The molecular weight excluding hydrogens is 240 g/mol. The summed E-state index contributed by atoms with van der Waals surface area (Å²) in [4.78, 5) is 16.0. The van der Waals surface area contributed by atoms with Crippen LogP contribution in [0.4, 0.5) is 0 Å². The standard InChI is InChI=1S/C15H16N2O2/c1-11(12-6-5-7-13(10-12)19-2)17-15(18)14-8-3-4-9-16-14/h3-11H,1-2H3,(H,17,18). The van der Waals surface area contributed by atoms with Gasteiger partial charge in [-0.05, 0) is 36.8 Å². The third kappa shape index (κ3) is 3.31. The molecule has 98 valence electrons. The normalized spacial score (nSPS) is 11.7. The Morgan fingerprint density at radius 2 is 2.11 bits per heavy atom. The van der Waals surface area contributed by atoms with Crippen LogP contribution in [0.3, 0.4) is 0 Å². The van der Waals surface area contributed by atoms with Crippen molar-refractivity contribution < 1.29 is 9.53 Å². The van der Waals surface area contributed by atoms with Crippen LogP contribution in [0.15, 0.2) is 48.7 Å². The van der Waals surface area contributed by atoms with Gasteiger partial charge in [0.25, 0.3) is 5.91 Å². The summed E-state index contributed by atoms with van der Waals surface area (Å²) in [5, 5.41) is 2.91. The van der Waals surface area contributed by atoms with E-state index in [-0.39, 0.29) is 11.9 Å². The van der Waals surface area contributed by atoms with Gasteiger partial charge in [-0.3, -0.25) is 9.78 Å². The third-order valence-corrected chi connectivity index (χ3v) is 2.84. The summed E-state index contributed by atoms with van der Waals surface area (Å²) in [6.07, 6.45) is 1.60. The monoisotopic (exact) mass is 256 g/mol. The average Bonchev–Trinajstić information content (AvgIpc) is 2.48. The molecule has 2 aromatic rings. The molecule has 4 nitrogen and oxygen atoms in total. The van der Waals surface area contributed by atoms with E-state index < -0.39 is 0 Å². The number of pyridine rings is 1. The fraction of sp³-hybridized carbons (Fsp3) is 0.200. The number of hydrogen-bond donors (Lipinski definition) is 1. The van der Waals surface area contributed by atoms with Gasteiger partial charge in [0.15, 0.2) is 0 Å². The van der Waals surface area contributed by atoms with Crippen LogP contribution in [0.5, 0.6) is 5.75 Å². The minimum absolute atomic E-state index is 0.107. The van der Waals surface area contributed by atoms with Crippen LogP contribution in [-0.4, -0.2) is 18.0 Å². The van der Waals surface area contributed by atoms with E-state index in [1.165, 1.54) is 0 Å². The number of aromatic nitrogens is 1. The molecule has 0 spiro atoms. The lowest BCUT2D eigenvalue weighted by Gasteiger charge is -2.14. The molecule has 1 N–H and O–H groups in total. The molecule has 0 fully saturated rings. The van der Waals surface area contributed by atoms with E-state index in [1.54, 1.807) is 31.5 Å². The van der Waals surface area contributed by atoms with Gasteiger partial charge in [0.05, 0.1) is 13.2 Å². The second-order valence-electron chi connectivity index (χ2n) is 4.19. The smallest absolute Gasteiger partial charge is 0.270 e. The van der Waals surface area contributed by atoms with E-state index in [1.807, 2.05) is 31.2 Å². The van der Waals surface area contributed by atoms with Gasteiger partial charge < -0.3 is 10.1 Å². The summed E-state index contributed by atoms with van der Waals surface area (Å²) >= 11 is 0. The highest BCUT2D eigenvalue weighted by Crippen LogP contribution is 2.18. The van der Waals surface area contributed by atoms with E-state index in [0.717, 1.165) is 11.3 Å². The van der Waals surface area contributed by atoms with E-state index in [4.69, 9.17) is 4.74 Å². The predicted molar refractivity (Wildman–Crippen MR) is 73.1 cm³/mol. The Morgan fingerprint density at radius 3 is 2.79 bits per heavy atom. The number of methoxy groups -OCH3 is 1. The molecule has 0 saturated heterocycles. The van der Waals surface area contributed by atoms with Crippen LogP contribution in [-0.2, 0) is 0 Å². The Bertz CT molecular complexity index is 555. The van der Waals surface area contributed by atoms with Crippen LogP contribution in [0.2, 0.25) is 0 Å². The molecule has 1 aromatic heterocycles. The highest BCUT2D eigenvalue weighted by molar-refractivity contribution is 5.92. The molecule has 0 aliphatic carbocycles. The quantitative estimate of drug-likeness (QED) is 0.914. The van der Waals surface area contributed by atoms with Crippen LogP contribution in [0.1, 0.15) is 29.0 Å². The number of carbonyl (C=O) groups is 1. The first-order valence-electron chi connectivity index (χ1n) is 6.06. The maximum atomic E-state index is 12.0. The molecular formula is C15H16N2O2. The first-order chi connectivity index (χ1) is 9.20. The number of ether oxygens (including phenoxy) is 1. The summed E-state index contributed by atoms with van der Waals surface area (Å²) in [5.74, 6) is 0.590. The summed E-state index contributed by atoms with van der Waals surface area (Å²) in [6, 6.07) is 12.8. The predicted octanol–water partition coefficient (Wildman–Crippen LogP) is 2.58. The van der Waals surface area contributed by atoms with Gasteiger partial charge in [-0.15, -0.1) is 0 Å². The van der Waals surface area contributed by atoms with Crippen LogP contribution in [0.25, 0.3) is 0 Å². The van der Waals surface area contributed by atoms with Crippen molar-refractivity contribution in [2.45, 2.75) is 13.0 Å². The number of rotatable bonds is 4. The van der Waals surface area contributed by atoms with Crippen LogP contribution < -0.4 is 10.1 Å². The van der Waals surface area contributed by atoms with Crippen molar-refractivity contribution in [2.24, 2.45) is 0 Å². The Kier molecular flexibility index (Phi) is 4.13. The summed E-state index contributed by atoms with van der Waals surface area (Å²) < 4.78 is 5.17. The lowest BCUT2D eigenvalue weighted by Crippen LogP contribution is -2.27. The van der Waals surface area contributed by atoms with Gasteiger partial charge in [0.2, 0.25) is 0 Å². The van der Waals surface area contributed by atoms with Gasteiger partial charge >= 0.3 is 0 Å². The number of amides is 1. The third-order valence-electron chi connectivity index (χ3n) is 2.84. The molecule has 0 radical (unpaired) electrons. The van der Waals surface area contributed by atoms with Crippen molar-refractivity contribution in [3.63, 3.8) is 0 Å². The summed E-state index contributed by atoms with van der Waals surface area (Å²) in [7, 11) is 1.62. The molecule has 1 heterocycles. The largest absolute Gasteiger partial charge is 0.497 e. The van der Waals surface area contributed by atoms with Crippen molar-refractivity contribution >= 4 is 5.91 Å². The molecule has 2 rings (SSSR count). The lowest BCUT2D eigenvalue weighted by molar-refractivity contribution is 0.0935. The zero-order valence-corrected chi connectivity index (χ0v) is 11.0. The number of hydrogen-bond acceptors (Lipinski definition) is 3. The SMILES string of the molecule is COc1cccc(C(C)NC(=O)c2ccccn2)c1. The van der Waals surface area contributed by atoms with Crippen molar-refractivity contribution in [3.8, 4) is 5.75 Å². The molecule has 1 amide bonds. The van der Waals surface area contributed by atoms with Gasteiger partial charge in [-0.25, -0.2) is 0 Å². The number of nitrogens with one attached hydrogen (secondary N) is 1. The fourth-order valence-corrected chi connectivity index (χ4v) is 1.76. The fourth-order valence-electron chi connectivity index (χ4n) is 1.76. The van der Waals surface area contributed by atoms with Gasteiger partial charge in [0, 0.05) is 6.20 Å². The molecule has 4 heteroatoms. The zero-order valence-electron chi connectivity index (χ0n) is 11.0. The van der Waals surface area contributed by atoms with E-state index >= 15 is 0 Å². The molecule has 0 saturated carbocycles. The summed E-state index contributed by atoms with van der Waals surface area (Å²) in [5.41, 5.74) is 1.40. The topological polar surface area (TPSA) is 51.2 Å². The maximum absolute atomic E-state index is 12.0. The average molecular weight is 256 g/mol. The van der Waals surface area contributed by atoms with Crippen molar-refractivity contribution in [1.82, 2.24) is 10.3 Å². The number of carbonyl (C=O) groups excluding carboxylic acids is 1. The molecule has 1 unspecified atom stereocenters.